The van der Waals surface area contributed by atoms with Gasteiger partial charge in [-0.25, -0.2) is 8.78 Å². The number of halogens is 4. The quantitative estimate of drug-likeness (QED) is 0.601. The summed E-state index contributed by atoms with van der Waals surface area (Å²) < 4.78 is 29.4. The molecule has 2 aliphatic carbocycles. The molecule has 3 nitrogen and oxygen atoms in total. The van der Waals surface area contributed by atoms with E-state index in [4.69, 9.17) is 0 Å². The summed E-state index contributed by atoms with van der Waals surface area (Å²) in [6, 6.07) is 4.70. The fraction of sp³-hybridized carbons (Fsp3) is 0.250. The Morgan fingerprint density at radius 2 is 2.00 bits per heavy atom. The van der Waals surface area contributed by atoms with E-state index >= 15 is 0 Å². The Morgan fingerprint density at radius 1 is 1.38 bits per heavy atom. The Morgan fingerprint density at radius 3 is 2.58 bits per heavy atom. The molecule has 0 aliphatic heterocycles. The summed E-state index contributed by atoms with van der Waals surface area (Å²) in [5.74, 6) is -4.61. The number of benzene rings is 1. The zero-order valence-electron chi connectivity index (χ0n) is 11.7. The molecule has 24 heavy (non-hydrogen) atoms. The molecule has 0 unspecified atom stereocenters. The number of aromatic hydroxyl groups is 1. The zero-order chi connectivity index (χ0) is 17.4. The van der Waals surface area contributed by atoms with Gasteiger partial charge in [0.15, 0.2) is 0 Å². The van der Waals surface area contributed by atoms with Gasteiger partial charge in [0.2, 0.25) is 5.78 Å². The number of carbonyl (C=O) groups is 1. The van der Waals surface area contributed by atoms with Crippen LogP contribution in [0.15, 0.2) is 21.1 Å². The van der Waals surface area contributed by atoms with Crippen molar-refractivity contribution in [3.05, 3.63) is 47.5 Å². The van der Waals surface area contributed by atoms with Gasteiger partial charge in [-0.15, -0.1) is 11.3 Å². The first kappa shape index (κ1) is 16.2. The van der Waals surface area contributed by atoms with E-state index in [9.17, 15) is 23.9 Å². The van der Waals surface area contributed by atoms with Crippen molar-refractivity contribution in [1.82, 2.24) is 0 Å². The van der Waals surface area contributed by atoms with Gasteiger partial charge in [0, 0.05) is 11.5 Å². The third-order valence-corrected chi connectivity index (χ3v) is 6.81. The SMILES string of the molecule is N#Cc1sc(C(=O)c2cc(Br)c(O)c(Br)c2)c2c1C(F)(F)[C@H]1C[C@@H]21. The minimum atomic E-state index is -3.03. The number of carbonyl (C=O) groups excluding carboxylic acids is 1. The van der Waals surface area contributed by atoms with Crippen LogP contribution < -0.4 is 0 Å². The summed E-state index contributed by atoms with van der Waals surface area (Å²) >= 11 is 7.14. The van der Waals surface area contributed by atoms with Gasteiger partial charge in [0.05, 0.1) is 19.4 Å². The molecule has 2 aromatic rings. The average Bonchev–Trinajstić information content (AvgIpc) is 3.18. The van der Waals surface area contributed by atoms with Gasteiger partial charge in [-0.05, 0) is 61.9 Å². The fourth-order valence-corrected chi connectivity index (χ4v) is 5.66. The molecule has 8 heteroatoms. The number of phenols is 1. The number of rotatable bonds is 2. The van der Waals surface area contributed by atoms with Gasteiger partial charge in [-0.2, -0.15) is 5.26 Å². The van der Waals surface area contributed by atoms with Gasteiger partial charge in [0.1, 0.15) is 16.7 Å². The molecule has 1 aromatic carbocycles. The van der Waals surface area contributed by atoms with Crippen molar-refractivity contribution >= 4 is 49.0 Å². The van der Waals surface area contributed by atoms with Crippen LogP contribution >= 0.6 is 43.2 Å². The monoisotopic (exact) mass is 473 g/mol. The second-order valence-corrected chi connectivity index (χ2v) is 8.58. The van der Waals surface area contributed by atoms with Gasteiger partial charge < -0.3 is 5.11 Å². The highest BCUT2D eigenvalue weighted by molar-refractivity contribution is 9.11. The summed E-state index contributed by atoms with van der Waals surface area (Å²) in [7, 11) is 0. The molecule has 1 N–H and O–H groups in total. The number of nitrogens with zero attached hydrogens (tertiary/aromatic N) is 1. The van der Waals surface area contributed by atoms with E-state index in [0.29, 0.717) is 20.9 Å². The predicted octanol–water partition coefficient (Wildman–Crippen LogP) is 5.29. The molecule has 0 amide bonds. The second-order valence-electron chi connectivity index (χ2n) is 5.85. The lowest BCUT2D eigenvalue weighted by molar-refractivity contribution is -0.0223. The normalized spacial score (nSPS) is 22.6. The Balaban J connectivity index is 1.88. The highest BCUT2D eigenvalue weighted by Gasteiger charge is 2.66. The minimum Gasteiger partial charge on any atom is -0.506 e. The van der Waals surface area contributed by atoms with E-state index in [1.54, 1.807) is 0 Å². The van der Waals surface area contributed by atoms with Gasteiger partial charge >= 0.3 is 0 Å². The average molecular weight is 475 g/mol. The second kappa shape index (κ2) is 5.10. The molecular formula is C16H7Br2F2NO2S. The maximum absolute atomic E-state index is 14.4. The number of alkyl halides is 2. The molecule has 122 valence electrons. The van der Waals surface area contributed by atoms with Crippen LogP contribution in [0.5, 0.6) is 5.75 Å². The van der Waals surface area contributed by atoms with E-state index in [1.165, 1.54) is 12.1 Å². The number of phenolic OH excluding ortho intramolecular Hbond substituents is 1. The highest BCUT2D eigenvalue weighted by atomic mass is 79.9. The first-order chi connectivity index (χ1) is 11.3. The Hall–Kier alpha value is -1.30. The van der Waals surface area contributed by atoms with Gasteiger partial charge in [0.25, 0.3) is 5.92 Å². The Bertz CT molecular complexity index is 941. The van der Waals surface area contributed by atoms with Crippen LogP contribution in [0.2, 0.25) is 0 Å². The largest absolute Gasteiger partial charge is 0.506 e. The first-order valence-corrected chi connectivity index (χ1v) is 9.35. The van der Waals surface area contributed by atoms with Gasteiger partial charge in [-0.1, -0.05) is 0 Å². The molecule has 1 heterocycles. The number of fused-ring (bicyclic) bond motifs is 3. The molecule has 1 fully saturated rings. The van der Waals surface area contributed by atoms with Crippen LogP contribution in [0, 0.1) is 17.2 Å². The molecule has 2 atom stereocenters. The van der Waals surface area contributed by atoms with Crippen LogP contribution in [-0.2, 0) is 5.92 Å². The number of hydrogen-bond donors (Lipinski definition) is 1. The lowest BCUT2D eigenvalue weighted by Gasteiger charge is -2.11. The molecule has 0 saturated heterocycles. The van der Waals surface area contributed by atoms with Gasteiger partial charge in [-0.3, -0.25) is 4.79 Å². The van der Waals surface area contributed by atoms with Crippen LogP contribution in [0.4, 0.5) is 8.78 Å². The Kier molecular flexibility index (Phi) is 3.44. The van der Waals surface area contributed by atoms with Crippen LogP contribution in [0.3, 0.4) is 0 Å². The summed E-state index contributed by atoms with van der Waals surface area (Å²) in [5, 5.41) is 18.9. The molecule has 4 rings (SSSR count). The molecule has 0 bridgehead atoms. The number of hydrogen-bond acceptors (Lipinski definition) is 4. The van der Waals surface area contributed by atoms with Crippen LogP contribution in [0.25, 0.3) is 0 Å². The predicted molar refractivity (Wildman–Crippen MR) is 90.7 cm³/mol. The fourth-order valence-electron chi connectivity index (χ4n) is 3.30. The summed E-state index contributed by atoms with van der Waals surface area (Å²) in [6.45, 7) is 0. The van der Waals surface area contributed by atoms with E-state index < -0.39 is 17.6 Å². The van der Waals surface area contributed by atoms with Crippen molar-refractivity contribution in [3.8, 4) is 11.8 Å². The maximum Gasteiger partial charge on any atom is 0.279 e. The standard InChI is InChI=1S/C16H7Br2F2NO2S/c17-8-1-5(2-9(18)14(8)23)13(22)15-11-6-3-7(6)16(19,20)12(11)10(4-21)24-15/h1-2,6-7,23H,3H2/t6-,7+/m1/s1. The Labute approximate surface area is 156 Å². The van der Waals surface area contributed by atoms with E-state index in [1.807, 2.05) is 6.07 Å². The zero-order valence-corrected chi connectivity index (χ0v) is 15.7. The summed E-state index contributed by atoms with van der Waals surface area (Å²) in [4.78, 5) is 13.0. The molecule has 1 aromatic heterocycles. The van der Waals surface area contributed by atoms with Crippen molar-refractivity contribution in [2.75, 3.05) is 0 Å². The lowest BCUT2D eigenvalue weighted by Crippen LogP contribution is -2.13. The van der Waals surface area contributed by atoms with Crippen LogP contribution in [0.1, 0.15) is 43.6 Å². The molecule has 0 spiro atoms. The van der Waals surface area contributed by atoms with Crippen molar-refractivity contribution in [2.45, 2.75) is 18.3 Å². The van der Waals surface area contributed by atoms with Crippen molar-refractivity contribution in [3.63, 3.8) is 0 Å². The third-order valence-electron chi connectivity index (χ3n) is 4.49. The molecule has 2 aliphatic rings. The number of ketones is 1. The minimum absolute atomic E-state index is 0.0468. The highest BCUT2D eigenvalue weighted by Crippen LogP contribution is 2.69. The lowest BCUT2D eigenvalue weighted by atomic mass is 10.0. The summed E-state index contributed by atoms with van der Waals surface area (Å²) in [6.07, 6.45) is 0.352. The summed E-state index contributed by atoms with van der Waals surface area (Å²) in [5.41, 5.74) is 0.348. The topological polar surface area (TPSA) is 61.1 Å². The first-order valence-electron chi connectivity index (χ1n) is 6.95. The van der Waals surface area contributed by atoms with Crippen molar-refractivity contribution in [1.29, 1.82) is 5.26 Å². The van der Waals surface area contributed by atoms with E-state index in [0.717, 1.165) is 11.3 Å². The van der Waals surface area contributed by atoms with E-state index in [2.05, 4.69) is 31.9 Å². The molecule has 0 radical (unpaired) electrons. The third kappa shape index (κ3) is 2.04. The number of nitriles is 1. The maximum atomic E-state index is 14.4. The number of thiophene rings is 1. The van der Waals surface area contributed by atoms with E-state index in [-0.39, 0.29) is 32.5 Å². The van der Waals surface area contributed by atoms with Crippen molar-refractivity contribution in [2.24, 2.45) is 5.92 Å². The van der Waals surface area contributed by atoms with Crippen LogP contribution in [-0.4, -0.2) is 10.9 Å². The molecular weight excluding hydrogens is 468 g/mol. The smallest absolute Gasteiger partial charge is 0.279 e. The molecule has 1 saturated carbocycles. The van der Waals surface area contributed by atoms with Crippen molar-refractivity contribution < 1.29 is 18.7 Å².